The molecule has 108 valence electrons. The predicted molar refractivity (Wildman–Crippen MR) is 89.5 cm³/mol. The molecule has 0 saturated carbocycles. The van der Waals surface area contributed by atoms with Crippen molar-refractivity contribution >= 4 is 39.1 Å². The van der Waals surface area contributed by atoms with E-state index in [0.29, 0.717) is 5.56 Å². The summed E-state index contributed by atoms with van der Waals surface area (Å²) in [6, 6.07) is 12.8. The summed E-state index contributed by atoms with van der Waals surface area (Å²) in [7, 11) is 0. The Labute approximate surface area is 142 Å². The first-order valence-corrected chi connectivity index (χ1v) is 7.85. The fourth-order valence-corrected chi connectivity index (χ4v) is 3.18. The highest BCUT2D eigenvalue weighted by atomic mass is 79.9. The highest BCUT2D eigenvalue weighted by Gasteiger charge is 2.42. The Hall–Kier alpha value is -1.05. The zero-order valence-electron chi connectivity index (χ0n) is 10.9. The van der Waals surface area contributed by atoms with Crippen molar-refractivity contribution in [2.75, 3.05) is 0 Å². The van der Waals surface area contributed by atoms with Gasteiger partial charge in [0.2, 0.25) is 0 Å². The van der Waals surface area contributed by atoms with E-state index in [1.807, 2.05) is 30.3 Å². The second-order valence-electron chi connectivity index (χ2n) is 4.45. The maximum atomic E-state index is 11.2. The van der Waals surface area contributed by atoms with Crippen LogP contribution in [0.25, 0.3) is 0 Å². The van der Waals surface area contributed by atoms with Crippen LogP contribution in [0.4, 0.5) is 0 Å². The average molecular weight is 385 g/mol. The molecule has 1 aromatic carbocycles. The summed E-state index contributed by atoms with van der Waals surface area (Å²) in [6.07, 6.45) is 3.19. The zero-order chi connectivity index (χ0) is 15.3. The minimum absolute atomic E-state index is 0.539. The van der Waals surface area contributed by atoms with E-state index in [1.54, 1.807) is 24.5 Å². The number of nitrogens with zero attached hydrogens (tertiary/aromatic N) is 1. The molecule has 5 heteroatoms. The lowest BCUT2D eigenvalue weighted by Gasteiger charge is -2.33. The van der Waals surface area contributed by atoms with Crippen LogP contribution in [0, 0.1) is 10.8 Å². The Morgan fingerprint density at radius 3 is 2.38 bits per heavy atom. The molecule has 2 rings (SSSR count). The molecule has 0 aliphatic carbocycles. The summed E-state index contributed by atoms with van der Waals surface area (Å²) >= 11 is 15.3. The van der Waals surface area contributed by atoms with Crippen LogP contribution in [0.5, 0.6) is 0 Å². The monoisotopic (exact) mass is 383 g/mol. The number of halogens is 3. The molecular weight excluding hydrogens is 373 g/mol. The molecule has 0 fully saturated rings. The van der Waals surface area contributed by atoms with Gasteiger partial charge in [-0.2, -0.15) is 0 Å². The van der Waals surface area contributed by atoms with Crippen LogP contribution in [0.3, 0.4) is 0 Å². The van der Waals surface area contributed by atoms with Gasteiger partial charge in [-0.3, -0.25) is 4.98 Å². The molecule has 0 aliphatic heterocycles. The van der Waals surface area contributed by atoms with Gasteiger partial charge in [0.1, 0.15) is 4.84 Å². The van der Waals surface area contributed by atoms with Gasteiger partial charge in [-0.1, -0.05) is 36.4 Å². The van der Waals surface area contributed by atoms with Crippen molar-refractivity contribution < 1.29 is 5.11 Å². The Bertz CT molecular complexity index is 640. The molecule has 21 heavy (non-hydrogen) atoms. The quantitative estimate of drug-likeness (QED) is 0.632. The van der Waals surface area contributed by atoms with Crippen LogP contribution in [-0.2, 0) is 5.60 Å². The van der Waals surface area contributed by atoms with Crippen molar-refractivity contribution in [1.82, 2.24) is 4.98 Å². The highest BCUT2D eigenvalue weighted by Crippen LogP contribution is 2.42. The minimum atomic E-state index is -1.55. The van der Waals surface area contributed by atoms with Crippen molar-refractivity contribution in [3.63, 3.8) is 0 Å². The molecule has 0 amide bonds. The zero-order valence-corrected chi connectivity index (χ0v) is 14.0. The number of hydrogen-bond donors (Lipinski definition) is 1. The van der Waals surface area contributed by atoms with Gasteiger partial charge in [-0.05, 0) is 22.4 Å². The molecule has 2 atom stereocenters. The second-order valence-corrected chi connectivity index (χ2v) is 6.01. The molecule has 0 saturated heterocycles. The fraction of sp³-hybridized carbons (Fsp3) is 0.188. The smallest absolute Gasteiger partial charge is 0.162 e. The lowest BCUT2D eigenvalue weighted by molar-refractivity contribution is 0.0723. The molecule has 0 radical (unpaired) electrons. The first-order chi connectivity index (χ1) is 10.1. The van der Waals surface area contributed by atoms with Crippen LogP contribution in [-0.4, -0.2) is 14.9 Å². The summed E-state index contributed by atoms with van der Waals surface area (Å²) < 4.78 is 0. The molecule has 0 bridgehead atoms. The van der Waals surface area contributed by atoms with Crippen molar-refractivity contribution in [2.45, 2.75) is 16.4 Å². The van der Waals surface area contributed by atoms with E-state index >= 15 is 0 Å². The van der Waals surface area contributed by atoms with Crippen molar-refractivity contribution in [2.24, 2.45) is 0 Å². The van der Waals surface area contributed by atoms with Crippen LogP contribution in [0.2, 0.25) is 0 Å². The number of aliphatic hydroxyl groups is 1. The van der Waals surface area contributed by atoms with Gasteiger partial charge in [0, 0.05) is 33.9 Å². The van der Waals surface area contributed by atoms with Crippen molar-refractivity contribution in [3.8, 4) is 10.8 Å². The summed E-state index contributed by atoms with van der Waals surface area (Å²) in [4.78, 5) is 5.78. The van der Waals surface area contributed by atoms with Gasteiger partial charge in [0.25, 0.3) is 0 Å². The molecule has 2 nitrogen and oxygen atoms in total. The van der Waals surface area contributed by atoms with E-state index in [-0.39, 0.29) is 0 Å². The van der Waals surface area contributed by atoms with Gasteiger partial charge in [-0.25, -0.2) is 0 Å². The lowest BCUT2D eigenvalue weighted by Crippen LogP contribution is -2.35. The third-order valence-corrected chi connectivity index (χ3v) is 3.90. The first kappa shape index (κ1) is 16.3. The second kappa shape index (κ2) is 7.29. The molecule has 0 aliphatic rings. The standard InChI is InChI=1S/C16H12BrCl2NO/c17-9-8-16(21,13-7-4-10-20-11-13)14(15(18)19)12-5-2-1-3-6-12/h1-7,10-11,14-15,21H. The number of benzene rings is 1. The van der Waals surface area contributed by atoms with E-state index in [2.05, 4.69) is 31.7 Å². The number of hydrogen-bond acceptors (Lipinski definition) is 2. The number of rotatable bonds is 4. The average Bonchev–Trinajstić information content (AvgIpc) is 2.49. The van der Waals surface area contributed by atoms with Gasteiger partial charge >= 0.3 is 0 Å². The van der Waals surface area contributed by atoms with Crippen LogP contribution in [0.15, 0.2) is 54.9 Å². The normalized spacial score (nSPS) is 14.9. The van der Waals surface area contributed by atoms with Crippen molar-refractivity contribution in [1.29, 1.82) is 0 Å². The van der Waals surface area contributed by atoms with Gasteiger partial charge < -0.3 is 5.11 Å². The third kappa shape index (κ3) is 3.59. The maximum Gasteiger partial charge on any atom is 0.162 e. The SMILES string of the molecule is OC(C#CBr)(c1cccnc1)C(c1ccccc1)C(Cl)Cl. The van der Waals surface area contributed by atoms with E-state index in [0.717, 1.165) is 5.56 Å². The molecular formula is C16H12BrCl2NO. The van der Waals surface area contributed by atoms with Crippen LogP contribution < -0.4 is 0 Å². The van der Waals surface area contributed by atoms with Gasteiger partial charge in [0.15, 0.2) is 5.60 Å². The summed E-state index contributed by atoms with van der Waals surface area (Å²) in [6.45, 7) is 0. The summed E-state index contributed by atoms with van der Waals surface area (Å²) in [5, 5.41) is 11.2. The van der Waals surface area contributed by atoms with E-state index in [4.69, 9.17) is 23.2 Å². The minimum Gasteiger partial charge on any atom is -0.372 e. The Kier molecular flexibility index (Phi) is 5.66. The highest BCUT2D eigenvalue weighted by molar-refractivity contribution is 9.12. The van der Waals surface area contributed by atoms with Gasteiger partial charge in [0.05, 0.1) is 5.92 Å². The number of aromatic nitrogens is 1. The Morgan fingerprint density at radius 2 is 1.86 bits per heavy atom. The summed E-state index contributed by atoms with van der Waals surface area (Å²) in [5.74, 6) is 2.15. The number of alkyl halides is 2. The molecule has 1 aromatic heterocycles. The summed E-state index contributed by atoms with van der Waals surface area (Å²) in [5.41, 5.74) is -0.209. The molecule has 0 spiro atoms. The Morgan fingerprint density at radius 1 is 1.14 bits per heavy atom. The van der Waals surface area contributed by atoms with Crippen LogP contribution in [0.1, 0.15) is 17.0 Å². The lowest BCUT2D eigenvalue weighted by atomic mass is 9.79. The van der Waals surface area contributed by atoms with E-state index in [1.165, 1.54) is 0 Å². The third-order valence-electron chi connectivity index (χ3n) is 3.20. The Balaban J connectivity index is 2.60. The number of pyridine rings is 1. The van der Waals surface area contributed by atoms with E-state index in [9.17, 15) is 5.11 Å². The van der Waals surface area contributed by atoms with Gasteiger partial charge in [-0.15, -0.1) is 23.2 Å². The van der Waals surface area contributed by atoms with Crippen molar-refractivity contribution in [3.05, 3.63) is 66.0 Å². The molecule has 2 unspecified atom stereocenters. The molecule has 1 heterocycles. The molecule has 2 aromatic rings. The van der Waals surface area contributed by atoms with E-state index < -0.39 is 16.4 Å². The maximum absolute atomic E-state index is 11.2. The first-order valence-electron chi connectivity index (χ1n) is 6.18. The van der Waals surface area contributed by atoms with Crippen LogP contribution >= 0.6 is 39.1 Å². The molecule has 1 N–H and O–H groups in total. The fourth-order valence-electron chi connectivity index (χ4n) is 2.22. The topological polar surface area (TPSA) is 33.1 Å². The predicted octanol–water partition coefficient (Wildman–Crippen LogP) is 4.21. The largest absolute Gasteiger partial charge is 0.372 e.